The number of H-pyrrole nitrogens is 1. The Bertz CT molecular complexity index is 485. The van der Waals surface area contributed by atoms with Gasteiger partial charge in [-0.3, -0.25) is 9.59 Å². The molecule has 1 atom stereocenters. The van der Waals surface area contributed by atoms with Gasteiger partial charge in [0.15, 0.2) is 5.78 Å². The third-order valence-corrected chi connectivity index (χ3v) is 3.67. The van der Waals surface area contributed by atoms with E-state index < -0.39 is 0 Å². The van der Waals surface area contributed by atoms with Crippen LogP contribution in [0.25, 0.3) is 0 Å². The maximum Gasteiger partial charge on any atom is 0.267 e. The van der Waals surface area contributed by atoms with E-state index in [0.717, 1.165) is 32.3 Å². The monoisotopic (exact) mass is 262 g/mol. The number of carbonyl (C=O) groups is 2. The lowest BCUT2D eigenvalue weighted by atomic mass is 10.1. The first-order valence-corrected chi connectivity index (χ1v) is 6.86. The molecule has 1 saturated heterocycles. The second-order valence-corrected chi connectivity index (χ2v) is 5.29. The van der Waals surface area contributed by atoms with Crippen LogP contribution < -0.4 is 5.32 Å². The highest BCUT2D eigenvalue weighted by molar-refractivity contribution is 6.02. The van der Waals surface area contributed by atoms with Gasteiger partial charge in [0.25, 0.3) is 5.91 Å². The van der Waals surface area contributed by atoms with Crippen molar-refractivity contribution in [3.63, 3.8) is 0 Å². The molecule has 0 bridgehead atoms. The van der Waals surface area contributed by atoms with Crippen molar-refractivity contribution in [1.29, 1.82) is 0 Å². The predicted molar refractivity (Wildman–Crippen MR) is 69.2 cm³/mol. The summed E-state index contributed by atoms with van der Waals surface area (Å²) < 4.78 is 5.44. The zero-order valence-corrected chi connectivity index (χ0v) is 10.8. The van der Waals surface area contributed by atoms with E-state index in [1.807, 2.05) is 0 Å². The maximum atomic E-state index is 11.9. The summed E-state index contributed by atoms with van der Waals surface area (Å²) in [7, 11) is 0. The van der Waals surface area contributed by atoms with Gasteiger partial charge in [-0.15, -0.1) is 0 Å². The van der Waals surface area contributed by atoms with E-state index in [2.05, 4.69) is 10.3 Å². The number of amides is 1. The molecule has 1 aliphatic carbocycles. The summed E-state index contributed by atoms with van der Waals surface area (Å²) in [6.07, 6.45) is 5.77. The first-order valence-electron chi connectivity index (χ1n) is 6.86. The molecule has 5 nitrogen and oxygen atoms in total. The van der Waals surface area contributed by atoms with Crippen LogP contribution in [0.15, 0.2) is 12.3 Å². The van der Waals surface area contributed by atoms with E-state index in [9.17, 15) is 9.59 Å². The largest absolute Gasteiger partial charge is 0.376 e. The summed E-state index contributed by atoms with van der Waals surface area (Å²) in [5.74, 6) is 0.151. The Hall–Kier alpha value is -1.62. The number of rotatable bonds is 5. The molecule has 1 aromatic heterocycles. The van der Waals surface area contributed by atoms with Crippen LogP contribution in [0.2, 0.25) is 0 Å². The molecule has 5 heteroatoms. The van der Waals surface area contributed by atoms with Crippen LogP contribution in [-0.4, -0.2) is 35.9 Å². The molecule has 2 aliphatic rings. The van der Waals surface area contributed by atoms with Gasteiger partial charge < -0.3 is 15.0 Å². The number of ketones is 1. The highest BCUT2D eigenvalue weighted by atomic mass is 16.5. The fraction of sp³-hybridized carbons (Fsp3) is 0.571. The van der Waals surface area contributed by atoms with Crippen LogP contribution in [0.5, 0.6) is 0 Å². The Morgan fingerprint density at radius 2 is 2.21 bits per heavy atom. The molecule has 2 fully saturated rings. The number of Topliss-reactive ketones (excluding diaryl/α,β-unsaturated/α-hetero) is 1. The zero-order chi connectivity index (χ0) is 13.2. The normalized spacial score (nSPS) is 22.4. The number of hydrogen-bond donors (Lipinski definition) is 2. The van der Waals surface area contributed by atoms with E-state index in [-0.39, 0.29) is 23.7 Å². The molecule has 0 spiro atoms. The highest BCUT2D eigenvalue weighted by Crippen LogP contribution is 2.32. The molecule has 1 amide bonds. The third kappa shape index (κ3) is 2.87. The fourth-order valence-corrected chi connectivity index (χ4v) is 2.36. The van der Waals surface area contributed by atoms with E-state index in [0.29, 0.717) is 17.8 Å². The van der Waals surface area contributed by atoms with Crippen LogP contribution in [0, 0.1) is 5.92 Å². The number of nitrogens with one attached hydrogen (secondary N) is 2. The van der Waals surface area contributed by atoms with E-state index in [1.165, 1.54) is 0 Å². The molecule has 2 heterocycles. The summed E-state index contributed by atoms with van der Waals surface area (Å²) in [5, 5.41) is 2.83. The number of aromatic nitrogens is 1. The van der Waals surface area contributed by atoms with Crippen LogP contribution in [0.1, 0.15) is 46.5 Å². The Balaban J connectivity index is 1.55. The minimum absolute atomic E-state index is 0.131. The van der Waals surface area contributed by atoms with Crippen molar-refractivity contribution in [1.82, 2.24) is 10.3 Å². The highest BCUT2D eigenvalue weighted by Gasteiger charge is 2.31. The Labute approximate surface area is 111 Å². The number of ether oxygens (including phenoxy) is 1. The van der Waals surface area contributed by atoms with Crippen molar-refractivity contribution in [3.05, 3.63) is 23.5 Å². The quantitative estimate of drug-likeness (QED) is 0.790. The summed E-state index contributed by atoms with van der Waals surface area (Å²) in [5.41, 5.74) is 1.06. The summed E-state index contributed by atoms with van der Waals surface area (Å²) in [6, 6.07) is 1.64. The van der Waals surface area contributed by atoms with Crippen molar-refractivity contribution < 1.29 is 14.3 Å². The lowest BCUT2D eigenvalue weighted by molar-refractivity contribution is 0.0854. The molecule has 0 unspecified atom stereocenters. The van der Waals surface area contributed by atoms with E-state index in [1.54, 1.807) is 12.3 Å². The van der Waals surface area contributed by atoms with E-state index >= 15 is 0 Å². The number of hydrogen-bond acceptors (Lipinski definition) is 3. The van der Waals surface area contributed by atoms with Crippen molar-refractivity contribution in [3.8, 4) is 0 Å². The second-order valence-electron chi connectivity index (χ2n) is 5.29. The third-order valence-electron chi connectivity index (χ3n) is 3.67. The standard InChI is InChI=1S/C14H18N2O3/c17-13(9-3-4-9)10-6-12(15-7-10)14(18)16-8-11-2-1-5-19-11/h6-7,9,11,15H,1-5,8H2,(H,16,18)/t11-/m0/s1. The SMILES string of the molecule is O=C(NC[C@@H]1CCCO1)c1cc(C(=O)C2CC2)c[nH]1. The second kappa shape index (κ2) is 5.17. The van der Waals surface area contributed by atoms with Gasteiger partial charge in [0.1, 0.15) is 5.69 Å². The summed E-state index contributed by atoms with van der Waals surface area (Å²) >= 11 is 0. The van der Waals surface area contributed by atoms with E-state index in [4.69, 9.17) is 4.74 Å². The first kappa shape index (κ1) is 12.4. The average molecular weight is 262 g/mol. The van der Waals surface area contributed by atoms with Crippen LogP contribution in [0.4, 0.5) is 0 Å². The van der Waals surface area contributed by atoms with Gasteiger partial charge >= 0.3 is 0 Å². The van der Waals surface area contributed by atoms with Crippen molar-refractivity contribution in [2.75, 3.05) is 13.2 Å². The Morgan fingerprint density at radius 3 is 2.89 bits per heavy atom. The lowest BCUT2D eigenvalue weighted by Gasteiger charge is -2.09. The van der Waals surface area contributed by atoms with Gasteiger partial charge in [0, 0.05) is 30.8 Å². The molecule has 0 radical (unpaired) electrons. The first-order chi connectivity index (χ1) is 9.24. The molecule has 1 aliphatic heterocycles. The lowest BCUT2D eigenvalue weighted by Crippen LogP contribution is -2.31. The van der Waals surface area contributed by atoms with Gasteiger partial charge in [-0.1, -0.05) is 0 Å². The minimum Gasteiger partial charge on any atom is -0.376 e. The molecule has 2 N–H and O–H groups in total. The molecular weight excluding hydrogens is 244 g/mol. The van der Waals surface area contributed by atoms with Crippen molar-refractivity contribution >= 4 is 11.7 Å². The molecule has 3 rings (SSSR count). The van der Waals surface area contributed by atoms with Gasteiger partial charge in [-0.25, -0.2) is 0 Å². The molecular formula is C14H18N2O3. The number of aromatic amines is 1. The molecule has 1 saturated carbocycles. The Kier molecular flexibility index (Phi) is 3.38. The van der Waals surface area contributed by atoms with Gasteiger partial charge in [-0.2, -0.15) is 0 Å². The van der Waals surface area contributed by atoms with Crippen LogP contribution in [-0.2, 0) is 4.74 Å². The molecule has 0 aromatic carbocycles. The number of carbonyl (C=O) groups excluding carboxylic acids is 2. The maximum absolute atomic E-state index is 11.9. The average Bonchev–Trinajstić information content (AvgIpc) is 2.94. The van der Waals surface area contributed by atoms with Crippen molar-refractivity contribution in [2.45, 2.75) is 31.8 Å². The molecule has 102 valence electrons. The van der Waals surface area contributed by atoms with Crippen LogP contribution in [0.3, 0.4) is 0 Å². The van der Waals surface area contributed by atoms with Crippen molar-refractivity contribution in [2.24, 2.45) is 5.92 Å². The molecule has 1 aromatic rings. The Morgan fingerprint density at radius 1 is 1.37 bits per heavy atom. The topological polar surface area (TPSA) is 71.2 Å². The predicted octanol–water partition coefficient (Wildman–Crippen LogP) is 1.52. The minimum atomic E-state index is -0.176. The summed E-state index contributed by atoms with van der Waals surface area (Å²) in [6.45, 7) is 1.31. The van der Waals surface area contributed by atoms with Gasteiger partial charge in [-0.05, 0) is 31.7 Å². The molecule has 19 heavy (non-hydrogen) atoms. The fourth-order valence-electron chi connectivity index (χ4n) is 2.36. The summed E-state index contributed by atoms with van der Waals surface area (Å²) in [4.78, 5) is 26.6. The van der Waals surface area contributed by atoms with Gasteiger partial charge in [0.05, 0.1) is 6.10 Å². The van der Waals surface area contributed by atoms with Crippen LogP contribution >= 0.6 is 0 Å². The smallest absolute Gasteiger partial charge is 0.267 e. The van der Waals surface area contributed by atoms with Gasteiger partial charge in [0.2, 0.25) is 0 Å². The zero-order valence-electron chi connectivity index (χ0n) is 10.8.